The molecule has 6 heteroatoms. The molecule has 3 aromatic rings. The minimum Gasteiger partial charge on any atom is -0.349 e. The molecule has 1 fully saturated rings. The molecule has 2 aromatic heterocycles. The average molecular weight is 435 g/mol. The van der Waals surface area contributed by atoms with Crippen molar-refractivity contribution in [3.8, 4) is 17.2 Å². The zero-order valence-electron chi connectivity index (χ0n) is 18.4. The number of hydrogen-bond acceptors (Lipinski definition) is 3. The molecular weight excluding hydrogens is 408 g/mol. The lowest BCUT2D eigenvalue weighted by molar-refractivity contribution is -0.134. The number of pyridine rings is 1. The number of aromatic nitrogens is 2. The standard InChI is InChI=1S/C25H27ClN4O/c1-15-9-23-20(10-18(15)11-27)22(21-13-28-12-16(2)24(21)26)14-30(23)19-7-5-17(6-8-19)25(31)29(3)4/h9-10,12-14,17,19H,5-8H2,1-4H3. The van der Waals surface area contributed by atoms with Gasteiger partial charge in [0.1, 0.15) is 0 Å². The van der Waals surface area contributed by atoms with E-state index in [0.717, 1.165) is 58.8 Å². The molecule has 0 atom stereocenters. The second-order valence-corrected chi connectivity index (χ2v) is 9.18. The topological polar surface area (TPSA) is 61.9 Å². The molecule has 0 saturated heterocycles. The number of aryl methyl sites for hydroxylation is 2. The van der Waals surface area contributed by atoms with Crippen LogP contribution >= 0.6 is 11.6 Å². The Balaban J connectivity index is 1.80. The summed E-state index contributed by atoms with van der Waals surface area (Å²) < 4.78 is 2.33. The van der Waals surface area contributed by atoms with Crippen LogP contribution in [0.15, 0.2) is 30.7 Å². The minimum absolute atomic E-state index is 0.106. The highest BCUT2D eigenvalue weighted by atomic mass is 35.5. The fraction of sp³-hybridized carbons (Fsp3) is 0.400. The van der Waals surface area contributed by atoms with E-state index in [1.54, 1.807) is 17.3 Å². The molecule has 1 amide bonds. The van der Waals surface area contributed by atoms with Gasteiger partial charge in [-0.25, -0.2) is 0 Å². The van der Waals surface area contributed by atoms with Crippen molar-refractivity contribution >= 4 is 28.4 Å². The van der Waals surface area contributed by atoms with Crippen molar-refractivity contribution in [3.05, 3.63) is 52.4 Å². The maximum atomic E-state index is 12.4. The van der Waals surface area contributed by atoms with Gasteiger partial charge in [0.05, 0.1) is 16.7 Å². The van der Waals surface area contributed by atoms with E-state index >= 15 is 0 Å². The summed E-state index contributed by atoms with van der Waals surface area (Å²) in [4.78, 5) is 18.5. The van der Waals surface area contributed by atoms with Crippen LogP contribution < -0.4 is 0 Å². The van der Waals surface area contributed by atoms with Gasteiger partial charge in [-0.15, -0.1) is 0 Å². The molecule has 1 saturated carbocycles. The van der Waals surface area contributed by atoms with Crippen LogP contribution in [-0.2, 0) is 4.79 Å². The lowest BCUT2D eigenvalue weighted by atomic mass is 9.85. The number of halogens is 1. The summed E-state index contributed by atoms with van der Waals surface area (Å²) in [5.74, 6) is 0.332. The summed E-state index contributed by atoms with van der Waals surface area (Å²) in [6.07, 6.45) is 9.40. The van der Waals surface area contributed by atoms with Crippen molar-refractivity contribution in [1.82, 2.24) is 14.5 Å². The summed E-state index contributed by atoms with van der Waals surface area (Å²) in [6.45, 7) is 3.93. The number of nitrogens with zero attached hydrogens (tertiary/aromatic N) is 4. The van der Waals surface area contributed by atoms with Crippen molar-refractivity contribution in [2.75, 3.05) is 14.1 Å². The number of benzene rings is 1. The summed E-state index contributed by atoms with van der Waals surface area (Å²) in [5, 5.41) is 11.3. The molecule has 0 N–H and O–H groups in total. The second-order valence-electron chi connectivity index (χ2n) is 8.80. The third-order valence-corrected chi connectivity index (χ3v) is 7.03. The Kier molecular flexibility index (Phi) is 5.77. The monoisotopic (exact) mass is 434 g/mol. The number of rotatable bonds is 3. The average Bonchev–Trinajstić information content (AvgIpc) is 3.12. The van der Waals surface area contributed by atoms with Crippen LogP contribution in [0.3, 0.4) is 0 Å². The molecule has 160 valence electrons. The van der Waals surface area contributed by atoms with Gasteiger partial charge in [0, 0.05) is 66.7 Å². The number of carbonyl (C=O) groups excluding carboxylic acids is 1. The number of hydrogen-bond donors (Lipinski definition) is 0. The van der Waals surface area contributed by atoms with E-state index in [9.17, 15) is 10.1 Å². The van der Waals surface area contributed by atoms with Gasteiger partial charge >= 0.3 is 0 Å². The van der Waals surface area contributed by atoms with E-state index < -0.39 is 0 Å². The Hall–Kier alpha value is -2.84. The second kappa shape index (κ2) is 8.36. The molecule has 4 rings (SSSR count). The third kappa shape index (κ3) is 3.81. The van der Waals surface area contributed by atoms with Crippen molar-refractivity contribution in [2.45, 2.75) is 45.6 Å². The lowest BCUT2D eigenvalue weighted by Gasteiger charge is -2.30. The quantitative estimate of drug-likeness (QED) is 0.533. The number of fused-ring (bicyclic) bond motifs is 1. The Morgan fingerprint density at radius 1 is 1.13 bits per heavy atom. The first-order valence-electron chi connectivity index (χ1n) is 10.7. The first kappa shape index (κ1) is 21.4. The van der Waals surface area contributed by atoms with Gasteiger partial charge in [-0.2, -0.15) is 5.26 Å². The molecule has 0 bridgehead atoms. The molecule has 1 aliphatic carbocycles. The highest BCUT2D eigenvalue weighted by molar-refractivity contribution is 6.34. The van der Waals surface area contributed by atoms with Crippen molar-refractivity contribution in [2.24, 2.45) is 5.92 Å². The van der Waals surface area contributed by atoms with Crippen LogP contribution in [0.1, 0.15) is 48.4 Å². The smallest absolute Gasteiger partial charge is 0.225 e. The van der Waals surface area contributed by atoms with Crippen LogP contribution in [-0.4, -0.2) is 34.5 Å². The number of amides is 1. The molecule has 0 aliphatic heterocycles. The number of carbonyl (C=O) groups is 1. The van der Waals surface area contributed by atoms with Crippen molar-refractivity contribution in [3.63, 3.8) is 0 Å². The maximum Gasteiger partial charge on any atom is 0.225 e. The van der Waals surface area contributed by atoms with Gasteiger partial charge in [0.2, 0.25) is 5.91 Å². The van der Waals surface area contributed by atoms with Gasteiger partial charge in [0.25, 0.3) is 0 Å². The summed E-state index contributed by atoms with van der Waals surface area (Å²) >= 11 is 6.66. The highest BCUT2D eigenvalue weighted by Crippen LogP contribution is 2.41. The fourth-order valence-electron chi connectivity index (χ4n) is 4.74. The Labute approximate surface area is 188 Å². The van der Waals surface area contributed by atoms with Gasteiger partial charge < -0.3 is 9.47 Å². The Morgan fingerprint density at radius 2 is 1.84 bits per heavy atom. The minimum atomic E-state index is 0.106. The Bertz CT molecular complexity index is 1200. The SMILES string of the molecule is Cc1cc2c(cc1C#N)c(-c1cncc(C)c1Cl)cn2C1CCC(C(=O)N(C)C)CC1. The van der Waals surface area contributed by atoms with E-state index in [1.165, 1.54) is 0 Å². The van der Waals surface area contributed by atoms with Crippen LogP contribution in [0.5, 0.6) is 0 Å². The van der Waals surface area contributed by atoms with Crippen molar-refractivity contribution < 1.29 is 4.79 Å². The van der Waals surface area contributed by atoms with Crippen LogP contribution in [0.2, 0.25) is 5.02 Å². The molecule has 1 aromatic carbocycles. The van der Waals surface area contributed by atoms with E-state index in [0.29, 0.717) is 16.6 Å². The molecule has 0 unspecified atom stereocenters. The predicted octanol–water partition coefficient (Wildman–Crippen LogP) is 5.66. The van der Waals surface area contributed by atoms with Crippen molar-refractivity contribution in [1.29, 1.82) is 5.26 Å². The summed E-state index contributed by atoms with van der Waals surface area (Å²) in [5.41, 5.74) is 5.55. The van der Waals surface area contributed by atoms with Gasteiger partial charge in [0.15, 0.2) is 0 Å². The van der Waals surface area contributed by atoms with Crippen LogP contribution in [0.4, 0.5) is 0 Å². The largest absolute Gasteiger partial charge is 0.349 e. The normalized spacial score (nSPS) is 18.7. The molecule has 31 heavy (non-hydrogen) atoms. The van der Waals surface area contributed by atoms with E-state index in [1.807, 2.05) is 34.0 Å². The van der Waals surface area contributed by atoms with Gasteiger partial charge in [-0.3, -0.25) is 9.78 Å². The molecule has 0 spiro atoms. The highest BCUT2D eigenvalue weighted by Gasteiger charge is 2.29. The molecule has 5 nitrogen and oxygen atoms in total. The maximum absolute atomic E-state index is 12.4. The molecule has 2 heterocycles. The summed E-state index contributed by atoms with van der Waals surface area (Å²) in [7, 11) is 3.66. The predicted molar refractivity (Wildman–Crippen MR) is 124 cm³/mol. The first-order chi connectivity index (χ1) is 14.8. The molecule has 0 radical (unpaired) electrons. The Morgan fingerprint density at radius 3 is 2.48 bits per heavy atom. The molecular formula is C25H27ClN4O. The zero-order chi connectivity index (χ0) is 22.3. The molecule has 1 aliphatic rings. The zero-order valence-corrected chi connectivity index (χ0v) is 19.2. The first-order valence-corrected chi connectivity index (χ1v) is 11.1. The van der Waals surface area contributed by atoms with Crippen LogP contribution in [0, 0.1) is 31.1 Å². The van der Waals surface area contributed by atoms with Gasteiger partial charge in [-0.1, -0.05) is 11.6 Å². The third-order valence-electron chi connectivity index (χ3n) is 6.52. The van der Waals surface area contributed by atoms with Crippen LogP contribution in [0.25, 0.3) is 22.0 Å². The summed E-state index contributed by atoms with van der Waals surface area (Å²) in [6, 6.07) is 6.69. The van der Waals surface area contributed by atoms with E-state index in [4.69, 9.17) is 11.6 Å². The number of nitriles is 1. The fourth-order valence-corrected chi connectivity index (χ4v) is 4.94. The van der Waals surface area contributed by atoms with E-state index in [-0.39, 0.29) is 11.8 Å². The van der Waals surface area contributed by atoms with E-state index in [2.05, 4.69) is 27.9 Å². The lowest BCUT2D eigenvalue weighted by Crippen LogP contribution is -2.32. The van der Waals surface area contributed by atoms with Gasteiger partial charge in [-0.05, 0) is 62.8 Å².